The van der Waals surface area contributed by atoms with Crippen LogP contribution >= 0.6 is 0 Å². The van der Waals surface area contributed by atoms with Gasteiger partial charge in [-0.2, -0.15) is 0 Å². The normalized spacial score (nSPS) is 35.8. The van der Waals surface area contributed by atoms with Crippen LogP contribution < -0.4 is 0 Å². The van der Waals surface area contributed by atoms with Gasteiger partial charge in [0.25, 0.3) is 0 Å². The molecular weight excluding hydrogens is 508 g/mol. The van der Waals surface area contributed by atoms with Gasteiger partial charge in [0.2, 0.25) is 0 Å². The van der Waals surface area contributed by atoms with Crippen molar-refractivity contribution in [1.29, 1.82) is 0 Å². The fourth-order valence-electron chi connectivity index (χ4n) is 8.85. The Morgan fingerprint density at radius 1 is 1.02 bits per heavy atom. The Kier molecular flexibility index (Phi) is 9.33. The molecule has 0 aromatic carbocycles. The fourth-order valence-corrected chi connectivity index (χ4v) is 8.85. The molecule has 4 rings (SSSR count). The predicted octanol–water partition coefficient (Wildman–Crippen LogP) is 7.76. The minimum Gasteiger partial charge on any atom is -0.435 e. The van der Waals surface area contributed by atoms with Crippen LogP contribution in [-0.4, -0.2) is 48.4 Å². The number of ether oxygens (including phenoxy) is 4. The van der Waals surface area contributed by atoms with E-state index in [4.69, 9.17) is 18.9 Å². The van der Waals surface area contributed by atoms with Gasteiger partial charge in [-0.3, -0.25) is 0 Å². The van der Waals surface area contributed by atoms with Crippen LogP contribution in [0.25, 0.3) is 0 Å². The van der Waals surface area contributed by atoms with E-state index in [0.29, 0.717) is 30.6 Å². The minimum absolute atomic E-state index is 0.248. The second-order valence-electron chi connectivity index (χ2n) is 13.8. The molecule has 1 N–H and O–H groups in total. The van der Waals surface area contributed by atoms with Crippen molar-refractivity contribution in [1.82, 2.24) is 0 Å². The number of carbonyl (C=O) groups is 2. The Bertz CT molecular complexity index is 993. The van der Waals surface area contributed by atoms with E-state index in [1.54, 1.807) is 13.8 Å². The van der Waals surface area contributed by atoms with E-state index in [9.17, 15) is 14.7 Å². The van der Waals surface area contributed by atoms with Gasteiger partial charge in [0, 0.05) is 18.3 Å². The van der Waals surface area contributed by atoms with Gasteiger partial charge in [-0.15, -0.1) is 0 Å². The highest BCUT2D eigenvalue weighted by Gasteiger charge is 2.60. The molecule has 0 aromatic heterocycles. The number of fused-ring (bicyclic) bond motifs is 5. The Morgan fingerprint density at radius 3 is 2.35 bits per heavy atom. The molecule has 8 atom stereocenters. The molecule has 7 nitrogen and oxygen atoms in total. The molecule has 0 spiro atoms. The highest BCUT2D eigenvalue weighted by atomic mass is 16.7. The summed E-state index contributed by atoms with van der Waals surface area (Å²) in [5, 5.41) is 10.2. The number of hydrogen-bond donors (Lipinski definition) is 1. The zero-order valence-corrected chi connectivity index (χ0v) is 25.8. The molecule has 226 valence electrons. The summed E-state index contributed by atoms with van der Waals surface area (Å²) in [7, 11) is 0. The van der Waals surface area contributed by atoms with Crippen molar-refractivity contribution in [3.63, 3.8) is 0 Å². The maximum atomic E-state index is 12.6. The smallest absolute Gasteiger partial charge is 0.435 e. The van der Waals surface area contributed by atoms with Gasteiger partial charge in [-0.1, -0.05) is 56.9 Å². The van der Waals surface area contributed by atoms with Crippen LogP contribution in [-0.2, 0) is 18.9 Å². The molecule has 2 unspecified atom stereocenters. The van der Waals surface area contributed by atoms with E-state index in [0.717, 1.165) is 32.1 Å². The van der Waals surface area contributed by atoms with Gasteiger partial charge >= 0.3 is 12.3 Å². The Labute approximate surface area is 241 Å². The van der Waals surface area contributed by atoms with E-state index >= 15 is 0 Å². The summed E-state index contributed by atoms with van der Waals surface area (Å²) in [6.45, 7) is 15.0. The van der Waals surface area contributed by atoms with E-state index in [1.807, 2.05) is 13.8 Å². The third-order valence-corrected chi connectivity index (χ3v) is 10.8. The summed E-state index contributed by atoms with van der Waals surface area (Å²) in [6.07, 6.45) is 11.1. The molecule has 0 bridgehead atoms. The number of rotatable bonds is 9. The number of aliphatic hydroxyl groups is 1. The molecule has 3 saturated carbocycles. The summed E-state index contributed by atoms with van der Waals surface area (Å²) in [5.74, 6) is 2.08. The molecule has 4 aliphatic rings. The molecule has 7 heteroatoms. The highest BCUT2D eigenvalue weighted by Crippen LogP contribution is 2.66. The lowest BCUT2D eigenvalue weighted by Crippen LogP contribution is -2.54. The molecule has 0 radical (unpaired) electrons. The third-order valence-electron chi connectivity index (χ3n) is 10.8. The molecule has 0 amide bonds. The average molecular weight is 561 g/mol. The van der Waals surface area contributed by atoms with Gasteiger partial charge in [-0.25, -0.2) is 9.59 Å². The second kappa shape index (κ2) is 12.1. The molecule has 0 aromatic rings. The summed E-state index contributed by atoms with van der Waals surface area (Å²) in [5.41, 5.74) is 1.96. The minimum atomic E-state index is -0.680. The molecule has 0 aliphatic heterocycles. The van der Waals surface area contributed by atoms with Crippen LogP contribution in [0.5, 0.6) is 0 Å². The van der Waals surface area contributed by atoms with Crippen LogP contribution in [0.15, 0.2) is 23.3 Å². The first kappa shape index (κ1) is 30.9. The van der Waals surface area contributed by atoms with Gasteiger partial charge in [0.15, 0.2) is 0 Å². The van der Waals surface area contributed by atoms with Gasteiger partial charge in [0.05, 0.1) is 18.8 Å². The van der Waals surface area contributed by atoms with Crippen molar-refractivity contribution >= 4 is 12.3 Å². The Hall–Kier alpha value is -2.02. The summed E-state index contributed by atoms with van der Waals surface area (Å²) >= 11 is 0. The number of allylic oxidation sites excluding steroid dienone is 3. The lowest BCUT2D eigenvalue weighted by molar-refractivity contribution is -0.0863. The monoisotopic (exact) mass is 560 g/mol. The quantitative estimate of drug-likeness (QED) is 0.288. The van der Waals surface area contributed by atoms with Crippen molar-refractivity contribution in [3.8, 4) is 0 Å². The molecule has 3 fully saturated rings. The summed E-state index contributed by atoms with van der Waals surface area (Å²) < 4.78 is 21.9. The van der Waals surface area contributed by atoms with Gasteiger partial charge in [-0.05, 0) is 88.9 Å². The topological polar surface area (TPSA) is 91.3 Å². The maximum Gasteiger partial charge on any atom is 0.508 e. The van der Waals surface area contributed by atoms with Crippen molar-refractivity contribution in [2.45, 2.75) is 124 Å². The van der Waals surface area contributed by atoms with Gasteiger partial charge < -0.3 is 24.1 Å². The molecule has 4 aliphatic carbocycles. The average Bonchev–Trinajstić information content (AvgIpc) is 3.21. The Morgan fingerprint density at radius 2 is 1.70 bits per heavy atom. The Balaban J connectivity index is 1.57. The van der Waals surface area contributed by atoms with Crippen LogP contribution in [0.3, 0.4) is 0 Å². The first-order chi connectivity index (χ1) is 18.8. The number of hydrogen-bond acceptors (Lipinski definition) is 7. The van der Waals surface area contributed by atoms with E-state index in [-0.39, 0.29) is 30.0 Å². The van der Waals surface area contributed by atoms with Crippen LogP contribution in [0.1, 0.15) is 106 Å². The zero-order valence-electron chi connectivity index (χ0n) is 25.8. The standard InChI is InChI=1S/C33H52O7/c1-8-37-29(34)39-23-19-22-12-13-24-26-15-14-25(21(3)11-10-17-31(4,5)36)32(26,6)18-16-27(24)33(22,7)28(20-23)40-30(35)38-9-2/h12-13,21,23,25-28,36H,8-11,14-20H2,1-7H3/t21-,23?,25-,26+,27+,28?,32-,33+/m1/s1. The van der Waals surface area contributed by atoms with Crippen LogP contribution in [0.4, 0.5) is 9.59 Å². The lowest BCUT2D eigenvalue weighted by atomic mass is 9.49. The summed E-state index contributed by atoms with van der Waals surface area (Å²) in [4.78, 5) is 24.7. The number of carbonyl (C=O) groups excluding carboxylic acids is 2. The predicted molar refractivity (Wildman–Crippen MR) is 154 cm³/mol. The fraction of sp³-hybridized carbons (Fsp3) is 0.818. The largest absolute Gasteiger partial charge is 0.508 e. The van der Waals surface area contributed by atoms with E-state index < -0.39 is 30.1 Å². The lowest BCUT2D eigenvalue weighted by Gasteiger charge is -2.57. The molecule has 0 heterocycles. The first-order valence-corrected chi connectivity index (χ1v) is 15.6. The van der Waals surface area contributed by atoms with Crippen molar-refractivity contribution in [3.05, 3.63) is 23.3 Å². The van der Waals surface area contributed by atoms with E-state index in [2.05, 4.69) is 32.9 Å². The second-order valence-corrected chi connectivity index (χ2v) is 13.8. The molecular formula is C33H52O7. The molecule has 0 saturated heterocycles. The van der Waals surface area contributed by atoms with E-state index in [1.165, 1.54) is 24.0 Å². The van der Waals surface area contributed by atoms with Crippen molar-refractivity contribution < 1.29 is 33.6 Å². The zero-order chi connectivity index (χ0) is 29.3. The molecule has 40 heavy (non-hydrogen) atoms. The van der Waals surface area contributed by atoms with Crippen molar-refractivity contribution in [2.75, 3.05) is 13.2 Å². The van der Waals surface area contributed by atoms with Crippen LogP contribution in [0.2, 0.25) is 0 Å². The maximum absolute atomic E-state index is 12.6. The van der Waals surface area contributed by atoms with Crippen molar-refractivity contribution in [2.24, 2.45) is 34.5 Å². The highest BCUT2D eigenvalue weighted by molar-refractivity contribution is 5.61. The van der Waals surface area contributed by atoms with Crippen LogP contribution in [0, 0.1) is 34.5 Å². The van der Waals surface area contributed by atoms with Gasteiger partial charge in [0.1, 0.15) is 12.2 Å². The first-order valence-electron chi connectivity index (χ1n) is 15.6. The third kappa shape index (κ3) is 6.10. The summed E-state index contributed by atoms with van der Waals surface area (Å²) in [6, 6.07) is 0. The SMILES string of the molecule is CCOC(=O)OC1CC2=CC=C3[C@@H]4CC[C@H]([C@H](C)CCCC(C)(C)O)[C@@]4(C)CC[C@@H]3[C@@]2(C)C(OC(=O)OCC)C1.